The maximum Gasteiger partial charge on any atom is 0.426 e. The first-order chi connectivity index (χ1) is 14.6. The van der Waals surface area contributed by atoms with Crippen molar-refractivity contribution in [3.63, 3.8) is 0 Å². The maximum absolute atomic E-state index is 12.2. The van der Waals surface area contributed by atoms with Crippen molar-refractivity contribution in [3.8, 4) is 17.2 Å². The van der Waals surface area contributed by atoms with Gasteiger partial charge in [0, 0.05) is 17.2 Å². The number of benzene rings is 1. The molecule has 0 aliphatic heterocycles. The summed E-state index contributed by atoms with van der Waals surface area (Å²) in [6.07, 6.45) is 3.12. The Kier molecular flexibility index (Phi) is 10.2. The van der Waals surface area contributed by atoms with E-state index in [-0.39, 0.29) is 29.3 Å². The Morgan fingerprint density at radius 2 is 1.59 bits per heavy atom. The molecule has 0 unspecified atom stereocenters. The number of hydrogen-bond acceptors (Lipinski definition) is 6. The molecule has 1 aromatic carbocycles. The Bertz CT molecular complexity index is 905. The molecule has 0 radical (unpaired) electrons. The van der Waals surface area contributed by atoms with E-state index in [0.717, 1.165) is 11.1 Å². The summed E-state index contributed by atoms with van der Waals surface area (Å²) in [6, 6.07) is 7.43. The number of carbonyl (C=O) groups is 2. The SMILES string of the molecule is COc1cc(C[n+]2cccc(CC(=O)NNC(=O)OC(C)(C)C)c2)cc(OC)c1OC.[Br-]. The van der Waals surface area contributed by atoms with Gasteiger partial charge in [-0.2, -0.15) is 0 Å². The lowest BCUT2D eigenvalue weighted by molar-refractivity contribution is -0.688. The average molecular weight is 512 g/mol. The normalized spacial score (nSPS) is 10.4. The summed E-state index contributed by atoms with van der Waals surface area (Å²) in [4.78, 5) is 23.8. The van der Waals surface area contributed by atoms with Crippen molar-refractivity contribution >= 4 is 12.0 Å². The van der Waals surface area contributed by atoms with Crippen LogP contribution in [0.5, 0.6) is 17.2 Å². The van der Waals surface area contributed by atoms with Crippen LogP contribution in [0.4, 0.5) is 4.79 Å². The molecule has 0 fully saturated rings. The summed E-state index contributed by atoms with van der Waals surface area (Å²) < 4.78 is 23.2. The van der Waals surface area contributed by atoms with Crippen molar-refractivity contribution in [3.05, 3.63) is 47.8 Å². The molecule has 0 saturated carbocycles. The lowest BCUT2D eigenvalue weighted by Crippen LogP contribution is -3.00. The Labute approximate surface area is 198 Å². The van der Waals surface area contributed by atoms with Crippen molar-refractivity contribution in [1.29, 1.82) is 0 Å². The highest BCUT2D eigenvalue weighted by Crippen LogP contribution is 2.38. The predicted molar refractivity (Wildman–Crippen MR) is 113 cm³/mol. The smallest absolute Gasteiger partial charge is 0.426 e. The van der Waals surface area contributed by atoms with E-state index in [1.54, 1.807) is 42.1 Å². The number of aromatic nitrogens is 1. The summed E-state index contributed by atoms with van der Waals surface area (Å²) in [5.41, 5.74) is 5.66. The number of rotatable bonds is 7. The number of halogens is 1. The summed E-state index contributed by atoms with van der Waals surface area (Å²) in [7, 11) is 4.69. The highest BCUT2D eigenvalue weighted by Gasteiger charge is 2.18. The van der Waals surface area contributed by atoms with Gasteiger partial charge in [-0.1, -0.05) is 0 Å². The molecule has 2 N–H and O–H groups in total. The number of nitrogens with zero attached hydrogens (tertiary/aromatic N) is 1. The molecular weight excluding hydrogens is 482 g/mol. The van der Waals surface area contributed by atoms with Crippen LogP contribution in [0.3, 0.4) is 0 Å². The molecule has 32 heavy (non-hydrogen) atoms. The highest BCUT2D eigenvalue weighted by atomic mass is 79.9. The molecule has 2 rings (SSSR count). The zero-order valence-electron chi connectivity index (χ0n) is 19.2. The number of methoxy groups -OCH3 is 3. The summed E-state index contributed by atoms with van der Waals surface area (Å²) in [5.74, 6) is 1.31. The minimum absolute atomic E-state index is 0. The van der Waals surface area contributed by atoms with Crippen LogP contribution in [0, 0.1) is 0 Å². The van der Waals surface area contributed by atoms with Gasteiger partial charge < -0.3 is 35.9 Å². The number of nitrogens with one attached hydrogen (secondary N) is 2. The Morgan fingerprint density at radius 3 is 2.12 bits per heavy atom. The molecule has 0 atom stereocenters. The number of pyridine rings is 1. The van der Waals surface area contributed by atoms with Gasteiger partial charge in [-0.25, -0.2) is 14.8 Å². The first kappa shape index (κ1) is 27.0. The third-order valence-corrected chi connectivity index (χ3v) is 4.08. The average Bonchev–Trinajstić information content (AvgIpc) is 2.70. The molecule has 9 nitrogen and oxygen atoms in total. The monoisotopic (exact) mass is 511 g/mol. The predicted octanol–water partition coefficient (Wildman–Crippen LogP) is -0.849. The minimum Gasteiger partial charge on any atom is -1.00 e. The second kappa shape index (κ2) is 12.1. The summed E-state index contributed by atoms with van der Waals surface area (Å²) in [5, 5.41) is 0. The van der Waals surface area contributed by atoms with Crippen molar-refractivity contribution in [2.24, 2.45) is 0 Å². The van der Waals surface area contributed by atoms with E-state index < -0.39 is 11.7 Å². The van der Waals surface area contributed by atoms with Gasteiger partial charge in [0.1, 0.15) is 5.60 Å². The zero-order chi connectivity index (χ0) is 23.0. The summed E-state index contributed by atoms with van der Waals surface area (Å²) in [6.45, 7) is 5.75. The number of amides is 2. The van der Waals surface area contributed by atoms with E-state index in [2.05, 4.69) is 10.9 Å². The fraction of sp³-hybridized carbons (Fsp3) is 0.409. The van der Waals surface area contributed by atoms with Crippen LogP contribution in [0.25, 0.3) is 0 Å². The number of carbonyl (C=O) groups excluding carboxylic acids is 2. The van der Waals surface area contributed by atoms with Crippen molar-refractivity contribution in [2.75, 3.05) is 21.3 Å². The maximum atomic E-state index is 12.2. The van der Waals surface area contributed by atoms with E-state index in [0.29, 0.717) is 23.8 Å². The lowest BCUT2D eigenvalue weighted by Gasteiger charge is -2.19. The molecule has 0 bridgehead atoms. The van der Waals surface area contributed by atoms with Gasteiger partial charge in [0.05, 0.1) is 27.8 Å². The molecule has 10 heteroatoms. The van der Waals surface area contributed by atoms with Crippen LogP contribution < -0.4 is 46.6 Å². The minimum atomic E-state index is -0.716. The molecule has 0 spiro atoms. The Balaban J connectivity index is 0.00000512. The molecule has 2 amide bonds. The topological polar surface area (TPSA) is 99.0 Å². The van der Waals surface area contributed by atoms with Crippen molar-refractivity contribution in [1.82, 2.24) is 10.9 Å². The standard InChI is InChI=1S/C22H29N3O6.BrH/c1-22(2,3)31-21(27)24-23-19(26)12-15-8-7-9-25(13-15)14-16-10-17(28-4)20(30-6)18(11-16)29-5;/h7-11,13H,12,14H2,1-6H3,(H-,23,24,26,27);1H. The molecule has 1 aromatic heterocycles. The van der Waals surface area contributed by atoms with E-state index >= 15 is 0 Å². The fourth-order valence-corrected chi connectivity index (χ4v) is 2.87. The Hall–Kier alpha value is -3.01. The largest absolute Gasteiger partial charge is 1.00 e. The molecule has 0 aliphatic carbocycles. The van der Waals surface area contributed by atoms with Crippen LogP contribution >= 0.6 is 0 Å². The highest BCUT2D eigenvalue weighted by molar-refractivity contribution is 5.80. The Morgan fingerprint density at radius 1 is 0.969 bits per heavy atom. The van der Waals surface area contributed by atoms with Crippen molar-refractivity contribution in [2.45, 2.75) is 39.3 Å². The summed E-state index contributed by atoms with van der Waals surface area (Å²) >= 11 is 0. The molecule has 176 valence electrons. The quantitative estimate of drug-likeness (QED) is 0.371. The van der Waals surface area contributed by atoms with Crippen LogP contribution in [-0.4, -0.2) is 38.9 Å². The first-order valence-corrected chi connectivity index (χ1v) is 9.70. The van der Waals surface area contributed by atoms with Crippen LogP contribution in [-0.2, 0) is 22.5 Å². The van der Waals surface area contributed by atoms with E-state index in [4.69, 9.17) is 18.9 Å². The van der Waals surface area contributed by atoms with E-state index in [1.165, 1.54) is 0 Å². The molecule has 1 heterocycles. The van der Waals surface area contributed by atoms with Crippen LogP contribution in [0.15, 0.2) is 36.7 Å². The second-order valence-electron chi connectivity index (χ2n) is 7.77. The number of hydrazine groups is 1. The van der Waals surface area contributed by atoms with E-state index in [9.17, 15) is 9.59 Å². The van der Waals surface area contributed by atoms with Gasteiger partial charge in [0.25, 0.3) is 0 Å². The fourth-order valence-electron chi connectivity index (χ4n) is 2.87. The molecular formula is C22H30BrN3O6. The number of hydrogen-bond donors (Lipinski definition) is 2. The molecule has 2 aromatic rings. The zero-order valence-corrected chi connectivity index (χ0v) is 20.7. The van der Waals surface area contributed by atoms with Gasteiger partial charge in [0.2, 0.25) is 11.7 Å². The third kappa shape index (κ3) is 8.26. The second-order valence-corrected chi connectivity index (χ2v) is 7.77. The van der Waals surface area contributed by atoms with Gasteiger partial charge in [0.15, 0.2) is 30.4 Å². The first-order valence-electron chi connectivity index (χ1n) is 9.70. The third-order valence-electron chi connectivity index (χ3n) is 4.08. The van der Waals surface area contributed by atoms with Gasteiger partial charge in [-0.05, 0) is 39.0 Å². The van der Waals surface area contributed by atoms with Gasteiger partial charge in [-0.3, -0.25) is 10.2 Å². The lowest BCUT2D eigenvalue weighted by atomic mass is 10.1. The van der Waals surface area contributed by atoms with Gasteiger partial charge in [-0.15, -0.1) is 0 Å². The molecule has 0 aliphatic rings. The van der Waals surface area contributed by atoms with E-state index in [1.807, 2.05) is 41.2 Å². The number of ether oxygens (including phenoxy) is 4. The van der Waals surface area contributed by atoms with Crippen molar-refractivity contribution < 1.29 is 50.1 Å². The molecule has 0 saturated heterocycles. The van der Waals surface area contributed by atoms with Gasteiger partial charge >= 0.3 is 6.09 Å². The van der Waals surface area contributed by atoms with Crippen LogP contribution in [0.2, 0.25) is 0 Å². The van der Waals surface area contributed by atoms with Crippen LogP contribution in [0.1, 0.15) is 31.9 Å².